The molecule has 3 aromatic heterocycles. The van der Waals surface area contributed by atoms with Gasteiger partial charge in [-0.15, -0.1) is 0 Å². The Hall–Kier alpha value is -2.41. The van der Waals surface area contributed by atoms with Gasteiger partial charge in [0.15, 0.2) is 5.65 Å². The third kappa shape index (κ3) is 3.88. The summed E-state index contributed by atoms with van der Waals surface area (Å²) in [6.07, 6.45) is 10.6. The molecule has 0 amide bonds. The molecule has 2 N–H and O–H groups in total. The maximum atomic E-state index is 4.97. The third-order valence-electron chi connectivity index (χ3n) is 6.43. The summed E-state index contributed by atoms with van der Waals surface area (Å²) in [6, 6.07) is 4.34. The van der Waals surface area contributed by atoms with Crippen LogP contribution >= 0.6 is 0 Å². The number of rotatable bonds is 4. The van der Waals surface area contributed by atoms with E-state index in [1.165, 1.54) is 38.5 Å². The average molecular weight is 394 g/mol. The lowest BCUT2D eigenvalue weighted by Crippen LogP contribution is -2.28. The Morgan fingerprint density at radius 1 is 1.07 bits per heavy atom. The van der Waals surface area contributed by atoms with Crippen molar-refractivity contribution in [2.75, 3.05) is 31.1 Å². The largest absolute Gasteiger partial charge is 0.357 e. The van der Waals surface area contributed by atoms with Gasteiger partial charge in [0.05, 0.1) is 11.9 Å². The molecule has 3 aromatic rings. The number of H-pyrrole nitrogens is 1. The van der Waals surface area contributed by atoms with Crippen molar-refractivity contribution in [2.45, 2.75) is 44.9 Å². The van der Waals surface area contributed by atoms with Crippen LogP contribution in [0.25, 0.3) is 22.4 Å². The lowest BCUT2D eigenvalue weighted by Gasteiger charge is -2.21. The van der Waals surface area contributed by atoms with Crippen LogP contribution in [0, 0.1) is 5.92 Å². The van der Waals surface area contributed by atoms with Crippen LogP contribution in [0.5, 0.6) is 0 Å². The van der Waals surface area contributed by atoms with Crippen LogP contribution in [0.2, 0.25) is 0 Å². The van der Waals surface area contributed by atoms with E-state index in [-0.39, 0.29) is 0 Å². The first-order chi connectivity index (χ1) is 14.3. The van der Waals surface area contributed by atoms with E-state index in [1.807, 2.05) is 17.9 Å². The molecule has 0 saturated carbocycles. The van der Waals surface area contributed by atoms with Crippen molar-refractivity contribution in [1.82, 2.24) is 30.0 Å². The fraction of sp³-hybridized carbons (Fsp3) is 0.591. The lowest BCUT2D eigenvalue weighted by molar-refractivity contribution is 0.368. The Morgan fingerprint density at radius 3 is 2.66 bits per heavy atom. The number of nitrogens with zero attached hydrogens (tertiary/aromatic N) is 5. The van der Waals surface area contributed by atoms with Crippen LogP contribution in [0.3, 0.4) is 0 Å². The van der Waals surface area contributed by atoms with E-state index in [1.54, 1.807) is 0 Å². The van der Waals surface area contributed by atoms with Crippen LogP contribution in [0.1, 0.15) is 44.3 Å². The van der Waals surface area contributed by atoms with Gasteiger partial charge in [0.25, 0.3) is 0 Å². The van der Waals surface area contributed by atoms with Crippen LogP contribution < -0.4 is 10.2 Å². The van der Waals surface area contributed by atoms with Gasteiger partial charge in [0.1, 0.15) is 17.3 Å². The third-order valence-corrected chi connectivity index (χ3v) is 6.43. The number of aromatic amines is 1. The summed E-state index contributed by atoms with van der Waals surface area (Å²) in [4.78, 5) is 15.6. The number of pyridine rings is 1. The standard InChI is InChI=1S/C22H31N7/c1-28-22-17(6-7-20(26-22)29-12-4-2-3-5-13-29)21(27-28)18-15-24-19(25-18)14-16-8-10-23-11-9-16/h6-7,15-16,23H,2-5,8-14H2,1H3,(H,24,25). The number of anilines is 1. The molecule has 5 heterocycles. The Bertz CT molecular complexity index is 959. The van der Waals surface area contributed by atoms with Crippen molar-refractivity contribution >= 4 is 16.9 Å². The van der Waals surface area contributed by atoms with Gasteiger partial charge >= 0.3 is 0 Å². The highest BCUT2D eigenvalue weighted by atomic mass is 15.3. The second-order valence-electron chi connectivity index (χ2n) is 8.56. The number of hydrogen-bond donors (Lipinski definition) is 2. The molecule has 154 valence electrons. The van der Waals surface area contributed by atoms with Crippen molar-refractivity contribution < 1.29 is 0 Å². The zero-order valence-electron chi connectivity index (χ0n) is 17.3. The SMILES string of the molecule is Cn1nc(-c2cnc(CC3CCNCC3)[nH]2)c2ccc(N3CCCCCC3)nc21. The molecule has 7 heteroatoms. The number of fused-ring (bicyclic) bond motifs is 1. The minimum absolute atomic E-state index is 0.716. The highest BCUT2D eigenvalue weighted by molar-refractivity contribution is 5.91. The van der Waals surface area contributed by atoms with E-state index >= 15 is 0 Å². The Kier molecular flexibility index (Phi) is 5.23. The number of imidazole rings is 1. The molecule has 0 radical (unpaired) electrons. The Morgan fingerprint density at radius 2 is 1.86 bits per heavy atom. The summed E-state index contributed by atoms with van der Waals surface area (Å²) in [7, 11) is 1.98. The number of piperidine rings is 1. The van der Waals surface area contributed by atoms with Gasteiger partial charge in [-0.05, 0) is 56.8 Å². The maximum absolute atomic E-state index is 4.97. The molecule has 0 aliphatic carbocycles. The second-order valence-corrected chi connectivity index (χ2v) is 8.56. The predicted octanol–water partition coefficient (Wildman–Crippen LogP) is 3.28. The van der Waals surface area contributed by atoms with Crippen molar-refractivity contribution in [2.24, 2.45) is 13.0 Å². The molecule has 0 spiro atoms. The van der Waals surface area contributed by atoms with Crippen molar-refractivity contribution in [3.63, 3.8) is 0 Å². The number of aromatic nitrogens is 5. The predicted molar refractivity (Wildman–Crippen MR) is 116 cm³/mol. The topological polar surface area (TPSA) is 74.7 Å². The fourth-order valence-electron chi connectivity index (χ4n) is 4.74. The minimum atomic E-state index is 0.716. The molecule has 0 unspecified atom stereocenters. The highest BCUT2D eigenvalue weighted by Gasteiger charge is 2.19. The van der Waals surface area contributed by atoms with Gasteiger partial charge in [0.2, 0.25) is 0 Å². The molecule has 2 saturated heterocycles. The first-order valence-electron chi connectivity index (χ1n) is 11.1. The van der Waals surface area contributed by atoms with Crippen LogP contribution in [0.15, 0.2) is 18.3 Å². The Balaban J connectivity index is 1.40. The monoisotopic (exact) mass is 393 g/mol. The summed E-state index contributed by atoms with van der Waals surface area (Å²) in [6.45, 7) is 4.44. The molecule has 0 bridgehead atoms. The highest BCUT2D eigenvalue weighted by Crippen LogP contribution is 2.29. The van der Waals surface area contributed by atoms with Gasteiger partial charge in [-0.1, -0.05) is 12.8 Å². The smallest absolute Gasteiger partial charge is 0.160 e. The summed E-state index contributed by atoms with van der Waals surface area (Å²) in [5, 5.41) is 9.30. The summed E-state index contributed by atoms with van der Waals surface area (Å²) >= 11 is 0. The van der Waals surface area contributed by atoms with E-state index in [0.717, 1.165) is 66.7 Å². The van der Waals surface area contributed by atoms with E-state index < -0.39 is 0 Å². The zero-order valence-corrected chi connectivity index (χ0v) is 17.3. The van der Waals surface area contributed by atoms with Gasteiger partial charge in [-0.25, -0.2) is 14.6 Å². The van der Waals surface area contributed by atoms with Gasteiger partial charge in [-0.3, -0.25) is 0 Å². The molecule has 2 aliphatic heterocycles. The van der Waals surface area contributed by atoms with Crippen LogP contribution in [-0.2, 0) is 13.5 Å². The molecule has 7 nitrogen and oxygen atoms in total. The first-order valence-corrected chi connectivity index (χ1v) is 11.1. The zero-order chi connectivity index (χ0) is 19.6. The summed E-state index contributed by atoms with van der Waals surface area (Å²) < 4.78 is 1.90. The number of hydrogen-bond acceptors (Lipinski definition) is 5. The molecule has 0 atom stereocenters. The van der Waals surface area contributed by atoms with Crippen molar-refractivity contribution in [1.29, 1.82) is 0 Å². The molecule has 2 aliphatic rings. The van der Waals surface area contributed by atoms with Crippen molar-refractivity contribution in [3.8, 4) is 11.4 Å². The summed E-state index contributed by atoms with van der Waals surface area (Å²) in [5.74, 6) is 2.86. The molecular formula is C22H31N7. The molecule has 29 heavy (non-hydrogen) atoms. The normalized spacial score (nSPS) is 19.0. The lowest BCUT2D eigenvalue weighted by atomic mass is 9.94. The molecule has 5 rings (SSSR count). The van der Waals surface area contributed by atoms with E-state index in [9.17, 15) is 0 Å². The van der Waals surface area contributed by atoms with Crippen LogP contribution in [0.4, 0.5) is 5.82 Å². The first kappa shape index (κ1) is 18.6. The molecule has 2 fully saturated rings. The summed E-state index contributed by atoms with van der Waals surface area (Å²) in [5.41, 5.74) is 2.88. The number of nitrogens with one attached hydrogen (secondary N) is 2. The second kappa shape index (κ2) is 8.14. The van der Waals surface area contributed by atoms with E-state index in [0.29, 0.717) is 5.92 Å². The van der Waals surface area contributed by atoms with Gasteiger partial charge in [0, 0.05) is 31.9 Å². The van der Waals surface area contributed by atoms with Gasteiger partial charge in [-0.2, -0.15) is 5.10 Å². The Labute approximate surface area is 171 Å². The quantitative estimate of drug-likeness (QED) is 0.712. The van der Waals surface area contributed by atoms with E-state index in [4.69, 9.17) is 10.1 Å². The molecule has 0 aromatic carbocycles. The van der Waals surface area contributed by atoms with Gasteiger partial charge < -0.3 is 15.2 Å². The maximum Gasteiger partial charge on any atom is 0.160 e. The fourth-order valence-corrected chi connectivity index (χ4v) is 4.74. The van der Waals surface area contributed by atoms with E-state index in [2.05, 4.69) is 32.3 Å². The average Bonchev–Trinajstić information content (AvgIpc) is 3.22. The molecular weight excluding hydrogens is 362 g/mol. The van der Waals surface area contributed by atoms with Crippen molar-refractivity contribution in [3.05, 3.63) is 24.2 Å². The minimum Gasteiger partial charge on any atom is -0.357 e. The van der Waals surface area contributed by atoms with Crippen LogP contribution in [-0.4, -0.2) is 50.9 Å². The number of aryl methyl sites for hydroxylation is 1.